The Morgan fingerprint density at radius 2 is 1.88 bits per heavy atom. The van der Waals surface area contributed by atoms with Gasteiger partial charge >= 0.3 is 0 Å². The molecule has 0 fully saturated rings. The van der Waals surface area contributed by atoms with Crippen LogP contribution in [0.3, 0.4) is 0 Å². The number of benzene rings is 2. The van der Waals surface area contributed by atoms with Crippen LogP contribution in [0.15, 0.2) is 78.3 Å². The van der Waals surface area contributed by atoms with E-state index in [1.54, 1.807) is 11.3 Å². The van der Waals surface area contributed by atoms with Crippen LogP contribution in [0.1, 0.15) is 22.0 Å². The largest absolute Gasteiger partial charge is 0.320 e. The number of aromatic amines is 1. The maximum atomic E-state index is 6.49. The van der Waals surface area contributed by atoms with Crippen molar-refractivity contribution >= 4 is 34.6 Å². The molecule has 6 nitrogen and oxygen atoms in total. The van der Waals surface area contributed by atoms with Gasteiger partial charge in [0.15, 0.2) is 5.82 Å². The van der Waals surface area contributed by atoms with Crippen molar-refractivity contribution in [3.8, 4) is 11.4 Å². The fourth-order valence-electron chi connectivity index (χ4n) is 3.56. The summed E-state index contributed by atoms with van der Waals surface area (Å²) in [4.78, 5) is 5.99. The van der Waals surface area contributed by atoms with Crippen molar-refractivity contribution in [2.75, 3.05) is 0 Å². The Morgan fingerprint density at radius 1 is 1.03 bits per heavy atom. The predicted octanol–water partition coefficient (Wildman–Crippen LogP) is 5.61. The van der Waals surface area contributed by atoms with E-state index in [0.717, 1.165) is 33.2 Å². The maximum absolute atomic E-state index is 6.49. The first-order chi connectivity index (χ1) is 15.8. The second-order valence-electron chi connectivity index (χ2n) is 7.23. The third-order valence-electron chi connectivity index (χ3n) is 5.12. The standard InChI is InChI=1S/C24H19ClN6S/c25-22-11-5-4-9-18(22)16-31-20(15-26-24(31)17-7-2-1-3-8-17)13-19(23-27-29-30-28-23)14-21-10-6-12-32-21/h1-13,15H,14,16H2,(H,27,28,29,30). The molecule has 0 saturated carbocycles. The van der Waals surface area contributed by atoms with E-state index in [4.69, 9.17) is 16.6 Å². The van der Waals surface area contributed by atoms with Crippen LogP contribution >= 0.6 is 22.9 Å². The topological polar surface area (TPSA) is 72.3 Å². The minimum atomic E-state index is 0.594. The van der Waals surface area contributed by atoms with E-state index in [9.17, 15) is 0 Å². The summed E-state index contributed by atoms with van der Waals surface area (Å²) in [5.41, 5.74) is 4.00. The molecule has 158 valence electrons. The summed E-state index contributed by atoms with van der Waals surface area (Å²) in [6.07, 6.45) is 4.70. The molecule has 5 rings (SSSR count). The number of imidazole rings is 1. The first kappa shape index (κ1) is 20.4. The Hall–Kier alpha value is -3.55. The number of hydrogen-bond donors (Lipinski definition) is 1. The van der Waals surface area contributed by atoms with Crippen LogP contribution in [-0.4, -0.2) is 30.2 Å². The van der Waals surface area contributed by atoms with Crippen LogP contribution in [0, 0.1) is 0 Å². The molecule has 0 unspecified atom stereocenters. The van der Waals surface area contributed by atoms with Crippen LogP contribution in [0.2, 0.25) is 5.02 Å². The van der Waals surface area contributed by atoms with Crippen LogP contribution in [-0.2, 0) is 13.0 Å². The normalized spacial score (nSPS) is 11.7. The first-order valence-corrected chi connectivity index (χ1v) is 11.3. The molecule has 0 spiro atoms. The lowest BCUT2D eigenvalue weighted by atomic mass is 10.1. The predicted molar refractivity (Wildman–Crippen MR) is 128 cm³/mol. The van der Waals surface area contributed by atoms with Gasteiger partial charge in [-0.05, 0) is 39.6 Å². The molecule has 0 atom stereocenters. The van der Waals surface area contributed by atoms with E-state index in [0.29, 0.717) is 18.8 Å². The molecule has 5 aromatic rings. The van der Waals surface area contributed by atoms with Crippen molar-refractivity contribution in [2.24, 2.45) is 0 Å². The molecule has 32 heavy (non-hydrogen) atoms. The van der Waals surface area contributed by atoms with E-state index in [-0.39, 0.29) is 0 Å². The molecule has 0 aliphatic carbocycles. The highest BCUT2D eigenvalue weighted by Crippen LogP contribution is 2.27. The van der Waals surface area contributed by atoms with Crippen molar-refractivity contribution in [1.29, 1.82) is 0 Å². The Bertz CT molecular complexity index is 1320. The van der Waals surface area contributed by atoms with Crippen LogP contribution in [0.4, 0.5) is 0 Å². The van der Waals surface area contributed by atoms with E-state index < -0.39 is 0 Å². The summed E-state index contributed by atoms with van der Waals surface area (Å²) in [5, 5.41) is 17.4. The van der Waals surface area contributed by atoms with Gasteiger partial charge in [-0.25, -0.2) is 10.1 Å². The van der Waals surface area contributed by atoms with E-state index in [2.05, 4.69) is 54.8 Å². The van der Waals surface area contributed by atoms with Crippen molar-refractivity contribution in [3.05, 3.63) is 105 Å². The number of tetrazole rings is 1. The number of hydrogen-bond acceptors (Lipinski definition) is 5. The Kier molecular flexibility index (Phi) is 5.91. The zero-order chi connectivity index (χ0) is 21.8. The lowest BCUT2D eigenvalue weighted by Gasteiger charge is -2.13. The number of allylic oxidation sites excluding steroid dienone is 1. The highest BCUT2D eigenvalue weighted by molar-refractivity contribution is 7.10. The van der Waals surface area contributed by atoms with Crippen LogP contribution in [0.5, 0.6) is 0 Å². The summed E-state index contributed by atoms with van der Waals surface area (Å²) >= 11 is 8.20. The zero-order valence-electron chi connectivity index (χ0n) is 17.0. The van der Waals surface area contributed by atoms with Crippen LogP contribution < -0.4 is 0 Å². The molecule has 2 aromatic carbocycles. The average molecular weight is 459 g/mol. The third-order valence-corrected chi connectivity index (χ3v) is 6.37. The lowest BCUT2D eigenvalue weighted by molar-refractivity contribution is 0.799. The van der Waals surface area contributed by atoms with Gasteiger partial charge in [0.2, 0.25) is 0 Å². The van der Waals surface area contributed by atoms with E-state index in [1.165, 1.54) is 4.88 Å². The highest BCUT2D eigenvalue weighted by atomic mass is 35.5. The van der Waals surface area contributed by atoms with Crippen LogP contribution in [0.25, 0.3) is 23.0 Å². The fraction of sp³-hybridized carbons (Fsp3) is 0.0833. The van der Waals surface area contributed by atoms with E-state index in [1.807, 2.05) is 54.7 Å². The van der Waals surface area contributed by atoms with Gasteiger partial charge in [0.25, 0.3) is 0 Å². The maximum Gasteiger partial charge on any atom is 0.175 e. The summed E-state index contributed by atoms with van der Waals surface area (Å²) in [5.74, 6) is 1.52. The smallest absolute Gasteiger partial charge is 0.175 e. The SMILES string of the molecule is Clc1ccccc1Cn1c(C=C(Cc2cccs2)c2nnn[nH]2)cnc1-c1ccccc1. The zero-order valence-corrected chi connectivity index (χ0v) is 18.6. The number of thiophene rings is 1. The number of rotatable bonds is 7. The number of nitrogens with zero attached hydrogens (tertiary/aromatic N) is 5. The van der Waals surface area contributed by atoms with Crippen molar-refractivity contribution in [2.45, 2.75) is 13.0 Å². The van der Waals surface area contributed by atoms with E-state index >= 15 is 0 Å². The molecule has 8 heteroatoms. The second kappa shape index (κ2) is 9.30. The molecule has 3 heterocycles. The Labute approximate surface area is 194 Å². The van der Waals surface area contributed by atoms with Gasteiger partial charge in [-0.3, -0.25) is 0 Å². The number of H-pyrrole nitrogens is 1. The molecule has 0 aliphatic heterocycles. The van der Waals surface area contributed by atoms with Gasteiger partial charge in [0.05, 0.1) is 18.4 Å². The fourth-order valence-corrected chi connectivity index (χ4v) is 4.49. The summed E-state index contributed by atoms with van der Waals surface area (Å²) in [6.45, 7) is 0.594. The van der Waals surface area contributed by atoms with Crippen molar-refractivity contribution < 1.29 is 0 Å². The molecule has 1 N–H and O–H groups in total. The summed E-state index contributed by atoms with van der Waals surface area (Å²) < 4.78 is 2.18. The Balaban J connectivity index is 1.62. The number of halogens is 1. The van der Waals surface area contributed by atoms with Crippen molar-refractivity contribution in [1.82, 2.24) is 30.2 Å². The second-order valence-corrected chi connectivity index (χ2v) is 8.67. The van der Waals surface area contributed by atoms with Gasteiger partial charge in [0, 0.05) is 27.5 Å². The monoisotopic (exact) mass is 458 g/mol. The Morgan fingerprint density at radius 3 is 2.62 bits per heavy atom. The average Bonchev–Trinajstić information content (AvgIpc) is 3.59. The molecule has 3 aromatic heterocycles. The van der Waals surface area contributed by atoms with Gasteiger partial charge < -0.3 is 4.57 Å². The van der Waals surface area contributed by atoms with Gasteiger partial charge in [-0.2, -0.15) is 0 Å². The van der Waals surface area contributed by atoms with Gasteiger partial charge in [-0.15, -0.1) is 16.4 Å². The lowest BCUT2D eigenvalue weighted by Crippen LogP contribution is -2.05. The number of aromatic nitrogens is 6. The molecule has 0 aliphatic rings. The summed E-state index contributed by atoms with van der Waals surface area (Å²) in [7, 11) is 0. The third kappa shape index (κ3) is 4.39. The van der Waals surface area contributed by atoms with Gasteiger partial charge in [0.1, 0.15) is 5.82 Å². The molecule has 0 bridgehead atoms. The van der Waals surface area contributed by atoms with Crippen molar-refractivity contribution in [3.63, 3.8) is 0 Å². The quantitative estimate of drug-likeness (QED) is 0.344. The number of nitrogens with one attached hydrogen (secondary N) is 1. The minimum absolute atomic E-state index is 0.594. The van der Waals surface area contributed by atoms with Gasteiger partial charge in [-0.1, -0.05) is 66.2 Å². The summed E-state index contributed by atoms with van der Waals surface area (Å²) in [6, 6.07) is 22.2. The molecule has 0 saturated heterocycles. The first-order valence-electron chi connectivity index (χ1n) is 10.1. The molecular weight excluding hydrogens is 440 g/mol. The highest BCUT2D eigenvalue weighted by Gasteiger charge is 2.15. The molecule has 0 radical (unpaired) electrons. The molecular formula is C24H19ClN6S. The molecule has 0 amide bonds. The minimum Gasteiger partial charge on any atom is -0.320 e.